The zero-order valence-electron chi connectivity index (χ0n) is 7.95. The summed E-state index contributed by atoms with van der Waals surface area (Å²) < 4.78 is 1.98. The Morgan fingerprint density at radius 1 is 1.21 bits per heavy atom. The summed E-state index contributed by atoms with van der Waals surface area (Å²) in [5.74, 6) is 0. The van der Waals surface area contributed by atoms with Crippen molar-refractivity contribution in [3.63, 3.8) is 0 Å². The molecule has 0 amide bonds. The summed E-state index contributed by atoms with van der Waals surface area (Å²) in [6.45, 7) is 2.82. The third-order valence-electron chi connectivity index (χ3n) is 2.57. The van der Waals surface area contributed by atoms with Gasteiger partial charge in [0.2, 0.25) is 0 Å². The number of aliphatic hydroxyl groups excluding tert-OH is 2. The van der Waals surface area contributed by atoms with E-state index in [9.17, 15) is 10.2 Å². The monoisotopic (exact) mass is 197 g/mol. The van der Waals surface area contributed by atoms with E-state index in [1.807, 2.05) is 10.8 Å². The van der Waals surface area contributed by atoms with Crippen LogP contribution in [0.3, 0.4) is 0 Å². The summed E-state index contributed by atoms with van der Waals surface area (Å²) >= 11 is 0. The molecule has 1 aliphatic heterocycles. The Bertz CT molecular complexity index is 266. The van der Waals surface area contributed by atoms with Crippen molar-refractivity contribution in [1.29, 1.82) is 0 Å². The zero-order valence-corrected chi connectivity index (χ0v) is 7.95. The lowest BCUT2D eigenvalue weighted by molar-refractivity contribution is 0.0572. The van der Waals surface area contributed by atoms with Crippen LogP contribution in [0.4, 0.5) is 0 Å². The van der Waals surface area contributed by atoms with Gasteiger partial charge < -0.3 is 14.8 Å². The highest BCUT2D eigenvalue weighted by Gasteiger charge is 2.28. The summed E-state index contributed by atoms with van der Waals surface area (Å²) in [5, 5.41) is 18.6. The van der Waals surface area contributed by atoms with Gasteiger partial charge in [-0.15, -0.1) is 0 Å². The minimum Gasteiger partial charge on any atom is -0.389 e. The number of imidazole rings is 1. The van der Waals surface area contributed by atoms with Gasteiger partial charge in [0.25, 0.3) is 0 Å². The normalized spacial score (nSPS) is 28.4. The van der Waals surface area contributed by atoms with E-state index in [2.05, 4.69) is 9.88 Å². The molecule has 1 aliphatic rings. The van der Waals surface area contributed by atoms with Crippen molar-refractivity contribution in [1.82, 2.24) is 14.5 Å². The standard InChI is InChI=1S/C9H15N3O2/c13-8-5-12(6-9(8)14)4-3-11-2-1-10-7-11/h1-2,7-9,13-14H,3-6H2/t8-,9+. The third kappa shape index (κ3) is 2.12. The largest absolute Gasteiger partial charge is 0.389 e. The van der Waals surface area contributed by atoms with Crippen LogP contribution < -0.4 is 0 Å². The highest BCUT2D eigenvalue weighted by atomic mass is 16.3. The van der Waals surface area contributed by atoms with Gasteiger partial charge in [-0.3, -0.25) is 4.90 Å². The molecule has 2 rings (SSSR count). The van der Waals surface area contributed by atoms with E-state index < -0.39 is 12.2 Å². The van der Waals surface area contributed by atoms with E-state index in [-0.39, 0.29) is 0 Å². The van der Waals surface area contributed by atoms with Crippen molar-refractivity contribution in [2.45, 2.75) is 18.8 Å². The molecule has 78 valence electrons. The van der Waals surface area contributed by atoms with Gasteiger partial charge in [0, 0.05) is 38.6 Å². The molecule has 0 bridgehead atoms. The Balaban J connectivity index is 1.77. The molecule has 0 radical (unpaired) electrons. The molecule has 5 heteroatoms. The van der Waals surface area contributed by atoms with Gasteiger partial charge in [0.15, 0.2) is 0 Å². The maximum Gasteiger partial charge on any atom is 0.0946 e. The fourth-order valence-corrected chi connectivity index (χ4v) is 1.71. The molecule has 0 saturated carbocycles. The van der Waals surface area contributed by atoms with E-state index in [0.29, 0.717) is 13.1 Å². The molecule has 2 heterocycles. The molecule has 14 heavy (non-hydrogen) atoms. The van der Waals surface area contributed by atoms with Crippen molar-refractivity contribution < 1.29 is 10.2 Å². The van der Waals surface area contributed by atoms with E-state index >= 15 is 0 Å². The van der Waals surface area contributed by atoms with E-state index in [1.54, 1.807) is 12.5 Å². The van der Waals surface area contributed by atoms with Gasteiger partial charge >= 0.3 is 0 Å². The number of β-amino-alcohol motifs (C(OH)–C–C–N with tert-alkyl or cyclic N) is 2. The van der Waals surface area contributed by atoms with Crippen LogP contribution in [0.5, 0.6) is 0 Å². The number of likely N-dealkylation sites (tertiary alicyclic amines) is 1. The summed E-state index contributed by atoms with van der Waals surface area (Å²) in [6, 6.07) is 0. The molecule has 1 saturated heterocycles. The highest BCUT2D eigenvalue weighted by Crippen LogP contribution is 2.09. The summed E-state index contributed by atoms with van der Waals surface area (Å²) in [5.41, 5.74) is 0. The second kappa shape index (κ2) is 4.08. The van der Waals surface area contributed by atoms with Crippen molar-refractivity contribution in [2.24, 2.45) is 0 Å². The fourth-order valence-electron chi connectivity index (χ4n) is 1.71. The Hall–Kier alpha value is -0.910. The number of aromatic nitrogens is 2. The van der Waals surface area contributed by atoms with E-state index in [1.165, 1.54) is 0 Å². The van der Waals surface area contributed by atoms with Crippen LogP contribution in [0.2, 0.25) is 0 Å². The minimum absolute atomic E-state index is 0.565. The molecule has 5 nitrogen and oxygen atoms in total. The van der Waals surface area contributed by atoms with Gasteiger partial charge in [-0.1, -0.05) is 0 Å². The molecular formula is C9H15N3O2. The van der Waals surface area contributed by atoms with Crippen molar-refractivity contribution >= 4 is 0 Å². The first-order valence-electron chi connectivity index (χ1n) is 4.80. The van der Waals surface area contributed by atoms with Crippen LogP contribution in [-0.2, 0) is 6.54 Å². The fraction of sp³-hybridized carbons (Fsp3) is 0.667. The molecule has 1 fully saturated rings. The van der Waals surface area contributed by atoms with Crippen LogP contribution in [0.25, 0.3) is 0 Å². The molecule has 1 aromatic rings. The maximum absolute atomic E-state index is 9.31. The Labute approximate surface area is 82.6 Å². The molecule has 0 aliphatic carbocycles. The van der Waals surface area contributed by atoms with Crippen molar-refractivity contribution in [2.75, 3.05) is 19.6 Å². The van der Waals surface area contributed by atoms with Crippen molar-refractivity contribution in [3.8, 4) is 0 Å². The van der Waals surface area contributed by atoms with Gasteiger partial charge in [0.1, 0.15) is 0 Å². The predicted octanol–water partition coefficient (Wildman–Crippen LogP) is -1.08. The molecular weight excluding hydrogens is 182 g/mol. The lowest BCUT2D eigenvalue weighted by Crippen LogP contribution is -2.26. The average molecular weight is 197 g/mol. The minimum atomic E-state index is -0.585. The number of rotatable bonds is 3. The van der Waals surface area contributed by atoms with Gasteiger partial charge in [0.05, 0.1) is 18.5 Å². The highest BCUT2D eigenvalue weighted by molar-refractivity contribution is 4.83. The summed E-state index contributed by atoms with van der Waals surface area (Å²) in [6.07, 6.45) is 4.25. The van der Waals surface area contributed by atoms with E-state index in [4.69, 9.17) is 0 Å². The summed E-state index contributed by atoms with van der Waals surface area (Å²) in [4.78, 5) is 5.99. The Morgan fingerprint density at radius 3 is 2.50 bits per heavy atom. The first-order valence-corrected chi connectivity index (χ1v) is 4.80. The lowest BCUT2D eigenvalue weighted by Gasteiger charge is -2.14. The molecule has 1 aromatic heterocycles. The molecule has 0 spiro atoms. The van der Waals surface area contributed by atoms with Gasteiger partial charge in [-0.2, -0.15) is 0 Å². The van der Waals surface area contributed by atoms with E-state index in [0.717, 1.165) is 13.1 Å². The third-order valence-corrected chi connectivity index (χ3v) is 2.57. The van der Waals surface area contributed by atoms with Crippen LogP contribution >= 0.6 is 0 Å². The lowest BCUT2D eigenvalue weighted by atomic mass is 10.3. The second-order valence-corrected chi connectivity index (χ2v) is 3.69. The summed E-state index contributed by atoms with van der Waals surface area (Å²) in [7, 11) is 0. The second-order valence-electron chi connectivity index (χ2n) is 3.69. The average Bonchev–Trinajstić information content (AvgIpc) is 2.74. The smallest absolute Gasteiger partial charge is 0.0946 e. The number of hydrogen-bond donors (Lipinski definition) is 2. The molecule has 2 N–H and O–H groups in total. The predicted molar refractivity (Wildman–Crippen MR) is 50.7 cm³/mol. The van der Waals surface area contributed by atoms with Crippen LogP contribution in [0, 0.1) is 0 Å². The van der Waals surface area contributed by atoms with Gasteiger partial charge in [-0.25, -0.2) is 4.98 Å². The number of aliphatic hydroxyl groups is 2. The topological polar surface area (TPSA) is 61.5 Å². The molecule has 0 aromatic carbocycles. The first kappa shape index (κ1) is 9.64. The quantitative estimate of drug-likeness (QED) is 0.647. The molecule has 2 atom stereocenters. The number of nitrogens with zero attached hydrogens (tertiary/aromatic N) is 3. The maximum atomic E-state index is 9.31. The molecule has 0 unspecified atom stereocenters. The van der Waals surface area contributed by atoms with Gasteiger partial charge in [-0.05, 0) is 0 Å². The van der Waals surface area contributed by atoms with Crippen molar-refractivity contribution in [3.05, 3.63) is 18.7 Å². The Kier molecular flexibility index (Phi) is 2.81. The van der Waals surface area contributed by atoms with Crippen LogP contribution in [0.1, 0.15) is 0 Å². The van der Waals surface area contributed by atoms with Crippen LogP contribution in [-0.4, -0.2) is 56.5 Å². The zero-order chi connectivity index (χ0) is 9.97. The number of hydrogen-bond acceptors (Lipinski definition) is 4. The van der Waals surface area contributed by atoms with Crippen LogP contribution in [0.15, 0.2) is 18.7 Å². The first-order chi connectivity index (χ1) is 6.75. The SMILES string of the molecule is O[C@@H]1CN(CCn2ccnc2)C[C@@H]1O. The Morgan fingerprint density at radius 2 is 1.93 bits per heavy atom.